The minimum atomic E-state index is -0.613. The van der Waals surface area contributed by atoms with Gasteiger partial charge in [0.1, 0.15) is 11.5 Å². The van der Waals surface area contributed by atoms with Crippen molar-refractivity contribution in [2.24, 2.45) is 0 Å². The molecule has 0 saturated carbocycles. The van der Waals surface area contributed by atoms with Crippen LogP contribution in [0.25, 0.3) is 22.5 Å². The molecule has 5 aromatic rings. The molecule has 0 saturated heterocycles. The number of unbranched alkanes of at least 4 members (excludes halogenated alkanes) is 1. The van der Waals surface area contributed by atoms with Crippen molar-refractivity contribution in [2.75, 3.05) is 0 Å². The normalized spacial score (nSPS) is 11.1. The largest absolute Gasteiger partial charge is 0.618 e. The first-order valence-corrected chi connectivity index (χ1v) is 13.2. The number of aryl methyl sites for hydroxylation is 1. The van der Waals surface area contributed by atoms with Crippen LogP contribution in [0.4, 0.5) is 0 Å². The van der Waals surface area contributed by atoms with Gasteiger partial charge in [0.05, 0.1) is 0 Å². The minimum absolute atomic E-state index is 0.00336. The van der Waals surface area contributed by atoms with Crippen molar-refractivity contribution in [3.05, 3.63) is 106 Å². The highest BCUT2D eigenvalue weighted by molar-refractivity contribution is 6.33. The average Bonchev–Trinajstić information content (AvgIpc) is 3.60. The number of H-pyrrole nitrogens is 1. The maximum atomic E-state index is 13.7. The predicted molar refractivity (Wildman–Crippen MR) is 149 cm³/mol. The second-order valence-electron chi connectivity index (χ2n) is 9.31. The summed E-state index contributed by atoms with van der Waals surface area (Å²) >= 11 is 6.55. The number of aromatic nitrogens is 7. The Balaban J connectivity index is 1.61. The highest BCUT2D eigenvalue weighted by Crippen LogP contribution is 2.32. The molecule has 11 heteroatoms. The summed E-state index contributed by atoms with van der Waals surface area (Å²) in [5, 5.41) is 27.5. The van der Waals surface area contributed by atoms with E-state index in [9.17, 15) is 14.8 Å². The van der Waals surface area contributed by atoms with Crippen LogP contribution in [0.5, 0.6) is 0 Å². The topological polar surface area (TPSA) is 133 Å². The van der Waals surface area contributed by atoms with Crippen LogP contribution in [0.2, 0.25) is 5.15 Å². The fourth-order valence-corrected chi connectivity index (χ4v) is 4.91. The first kappa shape index (κ1) is 26.9. The lowest BCUT2D eigenvalue weighted by Crippen LogP contribution is -2.41. The van der Waals surface area contributed by atoms with Gasteiger partial charge >= 0.3 is 0 Å². The SMILES string of the molecule is CCCCc1nc(Cl)c(C(=O)c2cccc(C(C)=O)[n+]2[O-])n1Cc1ccc(-c2ccccc2)c(-c2nn[nH]n2)c1. The molecule has 10 nitrogen and oxygen atoms in total. The summed E-state index contributed by atoms with van der Waals surface area (Å²) in [4.78, 5) is 30.2. The van der Waals surface area contributed by atoms with E-state index in [1.54, 1.807) is 4.57 Å². The lowest BCUT2D eigenvalue weighted by atomic mass is 9.97. The molecule has 0 radical (unpaired) electrons. The van der Waals surface area contributed by atoms with Gasteiger partial charge in [-0.05, 0) is 40.5 Å². The van der Waals surface area contributed by atoms with Crippen molar-refractivity contribution >= 4 is 23.2 Å². The van der Waals surface area contributed by atoms with E-state index in [-0.39, 0.29) is 28.8 Å². The number of halogens is 1. The molecule has 0 spiro atoms. The molecule has 0 atom stereocenters. The Kier molecular flexibility index (Phi) is 7.79. The summed E-state index contributed by atoms with van der Waals surface area (Å²) < 4.78 is 2.10. The first-order valence-electron chi connectivity index (χ1n) is 12.8. The molecular formula is C29H26ClN7O3. The Morgan fingerprint density at radius 2 is 1.80 bits per heavy atom. The maximum absolute atomic E-state index is 13.7. The Labute approximate surface area is 235 Å². The summed E-state index contributed by atoms with van der Waals surface area (Å²) in [5.74, 6) is 0.00183. The van der Waals surface area contributed by atoms with Gasteiger partial charge in [-0.1, -0.05) is 67.4 Å². The van der Waals surface area contributed by atoms with E-state index in [1.165, 1.54) is 25.1 Å². The van der Waals surface area contributed by atoms with Crippen LogP contribution < -0.4 is 4.73 Å². The number of Topliss-reactive ketones (excluding diaryl/α,β-unsaturated/α-hetero) is 1. The molecule has 0 bridgehead atoms. The highest BCUT2D eigenvalue weighted by atomic mass is 35.5. The van der Waals surface area contributed by atoms with Crippen LogP contribution >= 0.6 is 11.6 Å². The summed E-state index contributed by atoms with van der Waals surface area (Å²) in [7, 11) is 0. The van der Waals surface area contributed by atoms with Gasteiger partial charge in [0.15, 0.2) is 5.15 Å². The molecule has 0 aliphatic carbocycles. The van der Waals surface area contributed by atoms with E-state index >= 15 is 0 Å². The van der Waals surface area contributed by atoms with Gasteiger partial charge in [-0.3, -0.25) is 9.59 Å². The highest BCUT2D eigenvalue weighted by Gasteiger charge is 2.30. The number of rotatable bonds is 10. The molecule has 40 heavy (non-hydrogen) atoms. The molecular weight excluding hydrogens is 530 g/mol. The number of carbonyl (C=O) groups is 2. The van der Waals surface area contributed by atoms with Crippen LogP contribution in [-0.2, 0) is 13.0 Å². The van der Waals surface area contributed by atoms with Crippen LogP contribution in [0.1, 0.15) is 64.7 Å². The number of benzene rings is 2. The van der Waals surface area contributed by atoms with Crippen LogP contribution in [0.3, 0.4) is 0 Å². The Hall–Kier alpha value is -4.70. The van der Waals surface area contributed by atoms with Crippen LogP contribution in [0.15, 0.2) is 66.7 Å². The van der Waals surface area contributed by atoms with Gasteiger partial charge in [0.25, 0.3) is 17.2 Å². The molecule has 0 amide bonds. The molecule has 0 unspecified atom stereocenters. The number of aromatic amines is 1. The zero-order chi connectivity index (χ0) is 28.2. The Morgan fingerprint density at radius 1 is 1.02 bits per heavy atom. The Morgan fingerprint density at radius 3 is 2.50 bits per heavy atom. The van der Waals surface area contributed by atoms with E-state index in [4.69, 9.17) is 11.6 Å². The zero-order valence-corrected chi connectivity index (χ0v) is 22.7. The summed E-state index contributed by atoms with van der Waals surface area (Å²) in [6.07, 6.45) is 2.35. The number of imidazole rings is 1. The number of hydrogen-bond donors (Lipinski definition) is 1. The molecule has 5 rings (SSSR count). The number of tetrazole rings is 1. The summed E-state index contributed by atoms with van der Waals surface area (Å²) in [6.45, 7) is 3.59. The van der Waals surface area contributed by atoms with Gasteiger partial charge < -0.3 is 9.77 Å². The number of ketones is 2. The molecule has 0 fully saturated rings. The summed E-state index contributed by atoms with van der Waals surface area (Å²) in [5.41, 5.74) is 3.28. The van der Waals surface area contributed by atoms with Gasteiger partial charge in [-0.2, -0.15) is 9.94 Å². The maximum Gasteiger partial charge on any atom is 0.277 e. The average molecular weight is 556 g/mol. The number of nitrogens with one attached hydrogen (secondary N) is 1. The number of pyridine rings is 1. The van der Waals surface area contributed by atoms with E-state index in [0.29, 0.717) is 22.8 Å². The Bertz CT molecular complexity index is 1680. The third-order valence-electron chi connectivity index (χ3n) is 6.61. The molecule has 202 valence electrons. The third-order valence-corrected chi connectivity index (χ3v) is 6.87. The second kappa shape index (κ2) is 11.6. The van der Waals surface area contributed by atoms with Gasteiger partial charge in [-0.25, -0.2) is 4.98 Å². The fourth-order valence-electron chi connectivity index (χ4n) is 4.63. The standard InChI is InChI=1S/C29H26ClN7O3/c1-3-4-13-25-31-28(30)26(27(39)24-12-8-11-23(18(2)38)37(24)40)36(25)17-19-14-15-21(20-9-6-5-7-10-20)22(16-19)29-32-34-35-33-29/h5-12,14-16H,3-4,13,17H2,1-2H3,(H,32,33,34,35). The van der Waals surface area contributed by atoms with Crippen molar-refractivity contribution in [1.29, 1.82) is 0 Å². The van der Waals surface area contributed by atoms with Crippen molar-refractivity contribution in [2.45, 2.75) is 39.7 Å². The van der Waals surface area contributed by atoms with Crippen LogP contribution in [-0.4, -0.2) is 41.7 Å². The van der Waals surface area contributed by atoms with E-state index < -0.39 is 11.6 Å². The van der Waals surface area contributed by atoms with Crippen molar-refractivity contribution < 1.29 is 14.3 Å². The number of nitrogens with zero attached hydrogens (tertiary/aromatic N) is 6. The fraction of sp³-hybridized carbons (Fsp3) is 0.207. The first-order chi connectivity index (χ1) is 19.4. The quantitative estimate of drug-likeness (QED) is 0.148. The second-order valence-corrected chi connectivity index (χ2v) is 9.67. The lowest BCUT2D eigenvalue weighted by molar-refractivity contribution is -0.609. The summed E-state index contributed by atoms with van der Waals surface area (Å²) in [6, 6.07) is 20.0. The number of carbonyl (C=O) groups excluding carboxylic acids is 2. The third kappa shape index (κ3) is 5.26. The lowest BCUT2D eigenvalue weighted by Gasteiger charge is -2.14. The monoisotopic (exact) mass is 555 g/mol. The minimum Gasteiger partial charge on any atom is -0.618 e. The van der Waals surface area contributed by atoms with E-state index in [0.717, 1.165) is 35.1 Å². The van der Waals surface area contributed by atoms with Gasteiger partial charge in [0.2, 0.25) is 11.6 Å². The molecule has 3 heterocycles. The molecule has 0 aliphatic rings. The van der Waals surface area contributed by atoms with Crippen molar-refractivity contribution in [1.82, 2.24) is 30.2 Å². The van der Waals surface area contributed by atoms with Crippen molar-refractivity contribution in [3.8, 4) is 22.5 Å². The van der Waals surface area contributed by atoms with Gasteiger partial charge in [-0.15, -0.1) is 10.2 Å². The smallest absolute Gasteiger partial charge is 0.277 e. The molecule has 0 aliphatic heterocycles. The van der Waals surface area contributed by atoms with E-state index in [2.05, 4.69) is 32.5 Å². The van der Waals surface area contributed by atoms with Crippen LogP contribution in [0, 0.1) is 5.21 Å². The molecule has 1 N–H and O–H groups in total. The van der Waals surface area contributed by atoms with E-state index in [1.807, 2.05) is 48.5 Å². The van der Waals surface area contributed by atoms with Crippen molar-refractivity contribution in [3.63, 3.8) is 0 Å². The number of hydrogen-bond acceptors (Lipinski definition) is 7. The molecule has 2 aromatic carbocycles. The predicted octanol–water partition coefficient (Wildman–Crippen LogP) is 4.84. The van der Waals surface area contributed by atoms with Gasteiger partial charge in [0, 0.05) is 37.6 Å². The molecule has 3 aromatic heterocycles. The zero-order valence-electron chi connectivity index (χ0n) is 22.0.